The van der Waals surface area contributed by atoms with E-state index in [-0.39, 0.29) is 0 Å². The molecule has 0 unspecified atom stereocenters. The molecule has 0 amide bonds. The summed E-state index contributed by atoms with van der Waals surface area (Å²) in [5.41, 5.74) is 2.45. The van der Waals surface area contributed by atoms with Gasteiger partial charge in [0.2, 0.25) is 0 Å². The van der Waals surface area contributed by atoms with Crippen LogP contribution in [0.1, 0.15) is 12.0 Å². The summed E-state index contributed by atoms with van der Waals surface area (Å²) in [5, 5.41) is 4.10. The summed E-state index contributed by atoms with van der Waals surface area (Å²) in [6.45, 7) is 1.05. The van der Waals surface area contributed by atoms with Crippen molar-refractivity contribution in [3.63, 3.8) is 0 Å². The molecule has 1 nitrogen and oxygen atoms in total. The molecule has 1 aromatic rings. The second-order valence-electron chi connectivity index (χ2n) is 2.84. The molecule has 0 aromatic heterocycles. The minimum Gasteiger partial charge on any atom is -0.385 e. The first kappa shape index (κ1) is 7.69. The number of nitrogens with one attached hydrogen (secondary N) is 1. The Morgan fingerprint density at radius 3 is 2.50 bits per heavy atom. The van der Waals surface area contributed by atoms with Gasteiger partial charge in [0.1, 0.15) is 0 Å². The molecule has 0 saturated heterocycles. The molecule has 1 heterocycles. The second kappa shape index (κ2) is 3.20. The molecule has 1 aliphatic rings. The molecule has 0 spiro atoms. The van der Waals surface area contributed by atoms with E-state index in [1.165, 1.54) is 11.3 Å². The van der Waals surface area contributed by atoms with Gasteiger partial charge in [0.15, 0.2) is 0 Å². The summed E-state index contributed by atoms with van der Waals surface area (Å²) in [6, 6.07) is 7.90. The average Bonchev–Trinajstić information content (AvgIpc) is 2.58. The van der Waals surface area contributed by atoms with Crippen LogP contribution in [0.4, 0.5) is 0 Å². The molecule has 0 aliphatic carbocycles. The number of hydrogen-bond acceptors (Lipinski definition) is 1. The fourth-order valence-electron chi connectivity index (χ4n) is 1.34. The Kier molecular flexibility index (Phi) is 2.05. The van der Waals surface area contributed by atoms with Crippen molar-refractivity contribution >= 4 is 17.3 Å². The summed E-state index contributed by atoms with van der Waals surface area (Å²) in [6.07, 6.45) is 3.33. The quantitative estimate of drug-likeness (QED) is 0.699. The van der Waals surface area contributed by atoms with Crippen molar-refractivity contribution in [3.05, 3.63) is 40.9 Å². The third-order valence-corrected chi connectivity index (χ3v) is 2.22. The maximum atomic E-state index is 5.78. The van der Waals surface area contributed by atoms with Crippen molar-refractivity contribution in [2.75, 3.05) is 6.54 Å². The predicted molar refractivity (Wildman–Crippen MR) is 52.0 cm³/mol. The van der Waals surface area contributed by atoms with Crippen LogP contribution in [0.5, 0.6) is 0 Å². The van der Waals surface area contributed by atoms with Crippen molar-refractivity contribution < 1.29 is 0 Å². The lowest BCUT2D eigenvalue weighted by Gasteiger charge is -2.03. The zero-order valence-corrected chi connectivity index (χ0v) is 7.43. The molecule has 2 rings (SSSR count). The molecular formula is C10H10ClN. The van der Waals surface area contributed by atoms with Crippen LogP contribution in [-0.4, -0.2) is 6.54 Å². The third kappa shape index (κ3) is 1.46. The van der Waals surface area contributed by atoms with E-state index in [4.69, 9.17) is 11.6 Å². The van der Waals surface area contributed by atoms with Crippen LogP contribution < -0.4 is 5.32 Å². The molecule has 0 saturated carbocycles. The lowest BCUT2D eigenvalue weighted by atomic mass is 10.1. The van der Waals surface area contributed by atoms with Gasteiger partial charge in [-0.15, -0.1) is 0 Å². The number of hydrogen-bond donors (Lipinski definition) is 1. The van der Waals surface area contributed by atoms with Crippen molar-refractivity contribution in [1.29, 1.82) is 0 Å². The zero-order valence-electron chi connectivity index (χ0n) is 6.68. The fraction of sp³-hybridized carbons (Fsp3) is 0.200. The molecule has 12 heavy (non-hydrogen) atoms. The van der Waals surface area contributed by atoms with Crippen LogP contribution >= 0.6 is 11.6 Å². The van der Waals surface area contributed by atoms with Gasteiger partial charge in [-0.3, -0.25) is 0 Å². The van der Waals surface area contributed by atoms with Crippen LogP contribution in [0.2, 0.25) is 5.02 Å². The summed E-state index contributed by atoms with van der Waals surface area (Å²) >= 11 is 5.78. The van der Waals surface area contributed by atoms with Crippen molar-refractivity contribution in [2.45, 2.75) is 6.42 Å². The largest absolute Gasteiger partial charge is 0.385 e. The van der Waals surface area contributed by atoms with E-state index in [0.29, 0.717) is 0 Å². The fourth-order valence-corrected chi connectivity index (χ4v) is 1.47. The molecule has 0 fully saturated rings. The van der Waals surface area contributed by atoms with Crippen LogP contribution in [0.3, 0.4) is 0 Å². The number of rotatable bonds is 1. The van der Waals surface area contributed by atoms with E-state index < -0.39 is 0 Å². The van der Waals surface area contributed by atoms with Gasteiger partial charge in [-0.25, -0.2) is 0 Å². The van der Waals surface area contributed by atoms with Crippen LogP contribution in [0.15, 0.2) is 30.3 Å². The molecule has 1 aromatic carbocycles. The van der Waals surface area contributed by atoms with Crippen molar-refractivity contribution in [2.24, 2.45) is 0 Å². The van der Waals surface area contributed by atoms with Gasteiger partial charge in [0.25, 0.3) is 0 Å². The maximum Gasteiger partial charge on any atom is 0.0406 e. The standard InChI is InChI=1S/C10H10ClN/c11-9-5-3-8(4-6-9)10-2-1-7-12-10/h2-6,12H,1,7H2. The molecule has 1 aliphatic heterocycles. The Hall–Kier alpha value is -0.950. The van der Waals surface area contributed by atoms with E-state index >= 15 is 0 Å². The molecule has 0 radical (unpaired) electrons. The number of benzene rings is 1. The first-order valence-corrected chi connectivity index (χ1v) is 4.44. The molecule has 0 atom stereocenters. The van der Waals surface area contributed by atoms with Gasteiger partial charge in [0, 0.05) is 17.3 Å². The summed E-state index contributed by atoms with van der Waals surface area (Å²) in [5.74, 6) is 0. The van der Waals surface area contributed by atoms with E-state index in [0.717, 1.165) is 18.0 Å². The van der Waals surface area contributed by atoms with Crippen LogP contribution in [0.25, 0.3) is 5.70 Å². The first-order chi connectivity index (χ1) is 5.86. The van der Waals surface area contributed by atoms with Gasteiger partial charge in [0.05, 0.1) is 0 Å². The van der Waals surface area contributed by atoms with Gasteiger partial charge < -0.3 is 5.32 Å². The topological polar surface area (TPSA) is 12.0 Å². The Morgan fingerprint density at radius 1 is 1.17 bits per heavy atom. The maximum absolute atomic E-state index is 5.78. The summed E-state index contributed by atoms with van der Waals surface area (Å²) in [7, 11) is 0. The van der Waals surface area contributed by atoms with Crippen LogP contribution in [-0.2, 0) is 0 Å². The van der Waals surface area contributed by atoms with Gasteiger partial charge in [-0.2, -0.15) is 0 Å². The zero-order chi connectivity index (χ0) is 8.39. The minimum absolute atomic E-state index is 0.789. The van der Waals surface area contributed by atoms with Crippen molar-refractivity contribution in [1.82, 2.24) is 5.32 Å². The second-order valence-corrected chi connectivity index (χ2v) is 3.28. The van der Waals surface area contributed by atoms with E-state index in [1.807, 2.05) is 24.3 Å². The Bertz CT molecular complexity index is 300. The summed E-state index contributed by atoms with van der Waals surface area (Å²) < 4.78 is 0. The minimum atomic E-state index is 0.789. The Labute approximate surface area is 77.0 Å². The van der Waals surface area contributed by atoms with E-state index in [2.05, 4.69) is 11.4 Å². The van der Waals surface area contributed by atoms with Gasteiger partial charge in [-0.1, -0.05) is 29.8 Å². The average molecular weight is 180 g/mol. The van der Waals surface area contributed by atoms with E-state index in [9.17, 15) is 0 Å². The van der Waals surface area contributed by atoms with Crippen molar-refractivity contribution in [3.8, 4) is 0 Å². The SMILES string of the molecule is Clc1ccc(C2=CCCN2)cc1. The Balaban J connectivity index is 2.28. The lowest BCUT2D eigenvalue weighted by molar-refractivity contribution is 0.928. The smallest absolute Gasteiger partial charge is 0.0406 e. The highest BCUT2D eigenvalue weighted by molar-refractivity contribution is 6.30. The normalized spacial score (nSPS) is 15.6. The molecular weight excluding hydrogens is 170 g/mol. The number of halogens is 1. The van der Waals surface area contributed by atoms with Crippen LogP contribution in [0, 0.1) is 0 Å². The predicted octanol–water partition coefficient (Wildman–Crippen LogP) is 2.67. The first-order valence-electron chi connectivity index (χ1n) is 4.06. The van der Waals surface area contributed by atoms with Gasteiger partial charge >= 0.3 is 0 Å². The molecule has 2 heteroatoms. The molecule has 62 valence electrons. The lowest BCUT2D eigenvalue weighted by Crippen LogP contribution is -2.05. The molecule has 1 N–H and O–H groups in total. The summed E-state index contributed by atoms with van der Waals surface area (Å²) in [4.78, 5) is 0. The third-order valence-electron chi connectivity index (χ3n) is 1.96. The molecule has 0 bridgehead atoms. The van der Waals surface area contributed by atoms with Gasteiger partial charge in [-0.05, 0) is 24.1 Å². The highest BCUT2D eigenvalue weighted by Gasteiger charge is 2.04. The highest BCUT2D eigenvalue weighted by Crippen LogP contribution is 2.18. The monoisotopic (exact) mass is 179 g/mol. The Morgan fingerprint density at radius 2 is 1.92 bits per heavy atom. The highest BCUT2D eigenvalue weighted by atomic mass is 35.5. The van der Waals surface area contributed by atoms with E-state index in [1.54, 1.807) is 0 Å².